The van der Waals surface area contributed by atoms with Crippen LogP contribution in [0.3, 0.4) is 0 Å². The predicted octanol–water partition coefficient (Wildman–Crippen LogP) is 3.38. The van der Waals surface area contributed by atoms with Gasteiger partial charge in [0.05, 0.1) is 0 Å². The van der Waals surface area contributed by atoms with E-state index in [0.29, 0.717) is 12.0 Å². The lowest BCUT2D eigenvalue weighted by Gasteiger charge is -2.09. The summed E-state index contributed by atoms with van der Waals surface area (Å²) in [6.45, 7) is 3.70. The van der Waals surface area contributed by atoms with Crippen molar-refractivity contribution in [2.24, 2.45) is 0 Å². The zero-order chi connectivity index (χ0) is 11.8. The second-order valence-corrected chi connectivity index (χ2v) is 4.31. The van der Waals surface area contributed by atoms with Gasteiger partial charge < -0.3 is 4.74 Å². The highest BCUT2D eigenvalue weighted by molar-refractivity contribution is 5.90. The van der Waals surface area contributed by atoms with Crippen molar-refractivity contribution in [1.29, 1.82) is 0 Å². The number of fused-ring (bicyclic) bond motifs is 1. The van der Waals surface area contributed by atoms with Gasteiger partial charge in [-0.1, -0.05) is 43.0 Å². The summed E-state index contributed by atoms with van der Waals surface area (Å²) in [4.78, 5) is 11.3. The molecule has 84 valence electrons. The van der Waals surface area contributed by atoms with Crippen LogP contribution < -0.4 is 0 Å². The number of carbonyl (C=O) groups is 1. The van der Waals surface area contributed by atoms with Gasteiger partial charge in [0.1, 0.15) is 6.10 Å². The van der Waals surface area contributed by atoms with E-state index < -0.39 is 0 Å². The standard InChI is InChI=1S/C15H12O2/c1-10-8-14(17-15(10)16)13-7-6-11-4-2-3-5-12(11)9-13/h2-7,9,14H,1,8H2. The van der Waals surface area contributed by atoms with Gasteiger partial charge in [-0.2, -0.15) is 0 Å². The topological polar surface area (TPSA) is 26.3 Å². The number of benzene rings is 2. The number of esters is 1. The third kappa shape index (κ3) is 1.72. The lowest BCUT2D eigenvalue weighted by Crippen LogP contribution is -1.98. The highest BCUT2D eigenvalue weighted by Crippen LogP contribution is 2.33. The van der Waals surface area contributed by atoms with Crippen molar-refractivity contribution in [3.63, 3.8) is 0 Å². The summed E-state index contributed by atoms with van der Waals surface area (Å²) in [6.07, 6.45) is 0.427. The maximum absolute atomic E-state index is 11.3. The summed E-state index contributed by atoms with van der Waals surface area (Å²) in [7, 11) is 0. The first-order chi connectivity index (χ1) is 8.24. The Hall–Kier alpha value is -2.09. The van der Waals surface area contributed by atoms with Crippen molar-refractivity contribution in [2.75, 3.05) is 0 Å². The molecule has 1 fully saturated rings. The third-order valence-electron chi connectivity index (χ3n) is 3.12. The summed E-state index contributed by atoms with van der Waals surface area (Å²) >= 11 is 0. The van der Waals surface area contributed by atoms with Crippen LogP contribution in [0.15, 0.2) is 54.6 Å². The molecule has 2 aromatic rings. The molecule has 1 atom stereocenters. The van der Waals surface area contributed by atoms with Crippen LogP contribution in [0.1, 0.15) is 18.1 Å². The normalized spacial score (nSPS) is 19.6. The van der Waals surface area contributed by atoms with E-state index in [9.17, 15) is 4.79 Å². The van der Waals surface area contributed by atoms with E-state index in [1.54, 1.807) is 0 Å². The molecule has 0 spiro atoms. The van der Waals surface area contributed by atoms with Gasteiger partial charge in [-0.25, -0.2) is 4.79 Å². The van der Waals surface area contributed by atoms with Gasteiger partial charge in [0, 0.05) is 12.0 Å². The zero-order valence-corrected chi connectivity index (χ0v) is 9.35. The molecule has 0 amide bonds. The maximum Gasteiger partial charge on any atom is 0.334 e. The summed E-state index contributed by atoms with van der Waals surface area (Å²) < 4.78 is 5.27. The summed E-state index contributed by atoms with van der Waals surface area (Å²) in [5.74, 6) is -0.275. The Labute approximate surface area is 99.5 Å². The first kappa shape index (κ1) is 10.1. The molecule has 0 radical (unpaired) electrons. The van der Waals surface area contributed by atoms with Crippen molar-refractivity contribution in [3.05, 3.63) is 60.2 Å². The SMILES string of the molecule is C=C1CC(c2ccc3ccccc3c2)OC1=O. The lowest BCUT2D eigenvalue weighted by molar-refractivity contribution is -0.139. The van der Waals surface area contributed by atoms with Crippen LogP contribution in [0.5, 0.6) is 0 Å². The quantitative estimate of drug-likeness (QED) is 0.548. The Morgan fingerprint density at radius 2 is 1.88 bits per heavy atom. The van der Waals surface area contributed by atoms with Gasteiger partial charge in [-0.3, -0.25) is 0 Å². The molecule has 1 heterocycles. The van der Waals surface area contributed by atoms with Gasteiger partial charge >= 0.3 is 5.97 Å². The minimum Gasteiger partial charge on any atom is -0.454 e. The Morgan fingerprint density at radius 1 is 1.12 bits per heavy atom. The highest BCUT2D eigenvalue weighted by atomic mass is 16.5. The number of rotatable bonds is 1. The molecule has 2 nitrogen and oxygen atoms in total. The number of carbonyl (C=O) groups excluding carboxylic acids is 1. The van der Waals surface area contributed by atoms with Crippen molar-refractivity contribution < 1.29 is 9.53 Å². The fourth-order valence-corrected chi connectivity index (χ4v) is 2.16. The predicted molar refractivity (Wildman–Crippen MR) is 66.5 cm³/mol. The number of hydrogen-bond acceptors (Lipinski definition) is 2. The van der Waals surface area contributed by atoms with E-state index in [1.807, 2.05) is 18.2 Å². The second kappa shape index (κ2) is 3.74. The number of ether oxygens (including phenoxy) is 1. The largest absolute Gasteiger partial charge is 0.454 e. The average Bonchev–Trinajstić information content (AvgIpc) is 2.69. The zero-order valence-electron chi connectivity index (χ0n) is 9.35. The molecule has 2 aromatic carbocycles. The molecule has 0 saturated carbocycles. The Bertz CT molecular complexity index is 597. The van der Waals surface area contributed by atoms with Crippen LogP contribution in [0.25, 0.3) is 10.8 Å². The van der Waals surface area contributed by atoms with E-state index in [2.05, 4.69) is 30.8 Å². The van der Waals surface area contributed by atoms with E-state index >= 15 is 0 Å². The molecule has 0 aliphatic carbocycles. The fourth-order valence-electron chi connectivity index (χ4n) is 2.16. The van der Waals surface area contributed by atoms with Crippen LogP contribution in [-0.2, 0) is 9.53 Å². The van der Waals surface area contributed by atoms with Crippen LogP contribution >= 0.6 is 0 Å². The Kier molecular flexibility index (Phi) is 2.22. The molecular weight excluding hydrogens is 212 g/mol. The van der Waals surface area contributed by atoms with Gasteiger partial charge in [-0.15, -0.1) is 0 Å². The van der Waals surface area contributed by atoms with Crippen LogP contribution in [0.2, 0.25) is 0 Å². The first-order valence-electron chi connectivity index (χ1n) is 5.61. The monoisotopic (exact) mass is 224 g/mol. The molecule has 0 bridgehead atoms. The molecule has 1 saturated heterocycles. The molecule has 0 aromatic heterocycles. The molecule has 1 aliphatic heterocycles. The first-order valence-corrected chi connectivity index (χ1v) is 5.61. The number of hydrogen-bond donors (Lipinski definition) is 0. The maximum atomic E-state index is 11.3. The summed E-state index contributed by atoms with van der Waals surface area (Å²) in [6, 6.07) is 14.3. The average molecular weight is 224 g/mol. The Morgan fingerprint density at radius 3 is 2.59 bits per heavy atom. The highest BCUT2D eigenvalue weighted by Gasteiger charge is 2.28. The molecule has 1 unspecified atom stereocenters. The molecule has 17 heavy (non-hydrogen) atoms. The van der Waals surface area contributed by atoms with E-state index in [0.717, 1.165) is 5.56 Å². The summed E-state index contributed by atoms with van der Waals surface area (Å²) in [5, 5.41) is 2.36. The van der Waals surface area contributed by atoms with Gasteiger partial charge in [-0.05, 0) is 22.4 Å². The molecule has 1 aliphatic rings. The summed E-state index contributed by atoms with van der Waals surface area (Å²) in [5.41, 5.74) is 1.60. The van der Waals surface area contributed by atoms with E-state index in [-0.39, 0.29) is 12.1 Å². The van der Waals surface area contributed by atoms with E-state index in [1.165, 1.54) is 10.8 Å². The van der Waals surface area contributed by atoms with E-state index in [4.69, 9.17) is 4.74 Å². The third-order valence-corrected chi connectivity index (χ3v) is 3.12. The van der Waals surface area contributed by atoms with Gasteiger partial charge in [0.25, 0.3) is 0 Å². The minimum atomic E-state index is -0.275. The molecule has 0 N–H and O–H groups in total. The second-order valence-electron chi connectivity index (χ2n) is 4.31. The van der Waals surface area contributed by atoms with Crippen LogP contribution in [-0.4, -0.2) is 5.97 Å². The molecule has 2 heteroatoms. The van der Waals surface area contributed by atoms with Crippen molar-refractivity contribution in [1.82, 2.24) is 0 Å². The van der Waals surface area contributed by atoms with Crippen molar-refractivity contribution >= 4 is 16.7 Å². The Balaban J connectivity index is 2.01. The lowest BCUT2D eigenvalue weighted by atomic mass is 10.0. The smallest absolute Gasteiger partial charge is 0.334 e. The van der Waals surface area contributed by atoms with Gasteiger partial charge in [0.2, 0.25) is 0 Å². The fraction of sp³-hybridized carbons (Fsp3) is 0.133. The van der Waals surface area contributed by atoms with Crippen molar-refractivity contribution in [3.8, 4) is 0 Å². The van der Waals surface area contributed by atoms with Crippen LogP contribution in [0.4, 0.5) is 0 Å². The van der Waals surface area contributed by atoms with Crippen LogP contribution in [0, 0.1) is 0 Å². The molecular formula is C15H12O2. The molecule has 3 rings (SSSR count). The van der Waals surface area contributed by atoms with Crippen molar-refractivity contribution in [2.45, 2.75) is 12.5 Å². The minimum absolute atomic E-state index is 0.167. The number of cyclic esters (lactones) is 1. The van der Waals surface area contributed by atoms with Gasteiger partial charge in [0.15, 0.2) is 0 Å².